The number of aromatic amines is 1. The minimum Gasteiger partial charge on any atom is -0.284 e. The van der Waals surface area contributed by atoms with E-state index < -0.39 is 10.0 Å². The van der Waals surface area contributed by atoms with Gasteiger partial charge in [0.05, 0.1) is 10.6 Å². The number of aromatic nitrogens is 3. The molecule has 0 spiro atoms. The van der Waals surface area contributed by atoms with Gasteiger partial charge in [0.25, 0.3) is 0 Å². The van der Waals surface area contributed by atoms with Crippen LogP contribution in [0.5, 0.6) is 0 Å². The number of H-pyrrole nitrogens is 1. The molecule has 0 aliphatic heterocycles. The Bertz CT molecular complexity index is 873. The first-order valence-corrected chi connectivity index (χ1v) is 7.69. The summed E-state index contributed by atoms with van der Waals surface area (Å²) in [6.45, 7) is 0. The maximum atomic E-state index is 11.7. The van der Waals surface area contributed by atoms with Gasteiger partial charge in [-0.15, -0.1) is 0 Å². The standard InChI is InChI=1S/C14H12N4O2S/c15-21(19,20)13-7-2-1-5-10(13)14-11(9-17-18-14)12-6-3-4-8-16-12/h1-9H,(H,17,18)(H2,15,19,20). The zero-order chi connectivity index (χ0) is 14.9. The number of benzene rings is 1. The van der Waals surface area contributed by atoms with E-state index in [9.17, 15) is 8.42 Å². The van der Waals surface area contributed by atoms with E-state index >= 15 is 0 Å². The fourth-order valence-corrected chi connectivity index (χ4v) is 2.86. The van der Waals surface area contributed by atoms with Gasteiger partial charge in [-0.1, -0.05) is 24.3 Å². The van der Waals surface area contributed by atoms with Gasteiger partial charge in [-0.2, -0.15) is 5.10 Å². The molecule has 1 aromatic carbocycles. The molecule has 21 heavy (non-hydrogen) atoms. The normalized spacial score (nSPS) is 11.5. The van der Waals surface area contributed by atoms with E-state index in [1.807, 2.05) is 18.2 Å². The Labute approximate surface area is 121 Å². The van der Waals surface area contributed by atoms with Crippen LogP contribution in [0.15, 0.2) is 59.8 Å². The predicted molar refractivity (Wildman–Crippen MR) is 78.6 cm³/mol. The summed E-state index contributed by atoms with van der Waals surface area (Å²) in [4.78, 5) is 4.29. The summed E-state index contributed by atoms with van der Waals surface area (Å²) in [6.07, 6.45) is 3.34. The Morgan fingerprint density at radius 2 is 1.76 bits per heavy atom. The largest absolute Gasteiger partial charge is 0.284 e. The Morgan fingerprint density at radius 3 is 2.48 bits per heavy atom. The number of nitrogens with one attached hydrogen (secondary N) is 1. The SMILES string of the molecule is NS(=O)(=O)c1ccccc1-c1n[nH]cc1-c1ccccn1. The van der Waals surface area contributed by atoms with Gasteiger partial charge in [0, 0.05) is 23.5 Å². The Balaban J connectivity index is 2.23. The van der Waals surface area contributed by atoms with Crippen molar-refractivity contribution in [1.82, 2.24) is 15.2 Å². The first-order valence-electron chi connectivity index (χ1n) is 6.15. The fourth-order valence-electron chi connectivity index (χ4n) is 2.12. The zero-order valence-electron chi connectivity index (χ0n) is 10.9. The molecule has 0 unspecified atom stereocenters. The quantitative estimate of drug-likeness (QED) is 0.769. The molecular weight excluding hydrogens is 288 g/mol. The van der Waals surface area contributed by atoms with Gasteiger partial charge < -0.3 is 0 Å². The Hall–Kier alpha value is -2.51. The van der Waals surface area contributed by atoms with Crippen LogP contribution in [0.1, 0.15) is 0 Å². The Morgan fingerprint density at radius 1 is 1.00 bits per heavy atom. The van der Waals surface area contributed by atoms with Crippen LogP contribution in [0.4, 0.5) is 0 Å². The molecule has 0 saturated carbocycles. The molecule has 0 bridgehead atoms. The van der Waals surface area contributed by atoms with Crippen molar-refractivity contribution in [3.63, 3.8) is 0 Å². The van der Waals surface area contributed by atoms with Gasteiger partial charge >= 0.3 is 0 Å². The minimum absolute atomic E-state index is 0.0364. The Kier molecular flexibility index (Phi) is 3.28. The molecule has 0 fully saturated rings. The van der Waals surface area contributed by atoms with E-state index in [1.165, 1.54) is 6.07 Å². The minimum atomic E-state index is -3.83. The van der Waals surface area contributed by atoms with Crippen LogP contribution in [-0.4, -0.2) is 23.6 Å². The summed E-state index contributed by atoms with van der Waals surface area (Å²) in [5.74, 6) is 0. The van der Waals surface area contributed by atoms with Crippen LogP contribution >= 0.6 is 0 Å². The molecule has 0 amide bonds. The molecule has 2 heterocycles. The fraction of sp³-hybridized carbons (Fsp3) is 0. The molecule has 106 valence electrons. The van der Waals surface area contributed by atoms with Gasteiger partial charge in [-0.05, 0) is 18.2 Å². The van der Waals surface area contributed by atoms with E-state index in [1.54, 1.807) is 30.6 Å². The molecule has 2 aromatic heterocycles. The summed E-state index contributed by atoms with van der Waals surface area (Å²) in [5.41, 5.74) is 2.36. The van der Waals surface area contributed by atoms with E-state index in [2.05, 4.69) is 15.2 Å². The molecular formula is C14H12N4O2S. The molecule has 0 aliphatic carbocycles. The summed E-state index contributed by atoms with van der Waals surface area (Å²) in [6, 6.07) is 12.0. The highest BCUT2D eigenvalue weighted by atomic mass is 32.2. The predicted octanol–water partition coefficient (Wildman–Crippen LogP) is 1.79. The first kappa shape index (κ1) is 13.5. The lowest BCUT2D eigenvalue weighted by Gasteiger charge is -2.07. The second kappa shape index (κ2) is 5.12. The van der Waals surface area contributed by atoms with Gasteiger partial charge in [-0.3, -0.25) is 10.1 Å². The number of primary sulfonamides is 1. The molecule has 3 rings (SSSR count). The zero-order valence-corrected chi connectivity index (χ0v) is 11.7. The van der Waals surface area contributed by atoms with Gasteiger partial charge in [0.1, 0.15) is 5.69 Å². The number of hydrogen-bond acceptors (Lipinski definition) is 4. The molecule has 0 radical (unpaired) electrons. The second-order valence-electron chi connectivity index (χ2n) is 4.40. The maximum Gasteiger partial charge on any atom is 0.238 e. The number of hydrogen-bond donors (Lipinski definition) is 2. The number of nitrogens with zero attached hydrogens (tertiary/aromatic N) is 2. The molecule has 3 aromatic rings. The molecule has 6 nitrogen and oxygen atoms in total. The molecule has 0 atom stereocenters. The molecule has 7 heteroatoms. The van der Waals surface area contributed by atoms with Crippen molar-refractivity contribution in [1.29, 1.82) is 0 Å². The van der Waals surface area contributed by atoms with E-state index in [-0.39, 0.29) is 4.90 Å². The lowest BCUT2D eigenvalue weighted by atomic mass is 10.1. The van der Waals surface area contributed by atoms with Gasteiger partial charge in [0.2, 0.25) is 10.0 Å². The average Bonchev–Trinajstić information content (AvgIpc) is 2.96. The van der Waals surface area contributed by atoms with Gasteiger partial charge in [0.15, 0.2) is 0 Å². The number of nitrogens with two attached hydrogens (primary N) is 1. The van der Waals surface area contributed by atoms with Gasteiger partial charge in [-0.25, -0.2) is 13.6 Å². The second-order valence-corrected chi connectivity index (χ2v) is 5.93. The van der Waals surface area contributed by atoms with Crippen molar-refractivity contribution < 1.29 is 8.42 Å². The number of sulfonamides is 1. The highest BCUT2D eigenvalue weighted by molar-refractivity contribution is 7.89. The lowest BCUT2D eigenvalue weighted by Crippen LogP contribution is -2.13. The van der Waals surface area contributed by atoms with E-state index in [0.29, 0.717) is 22.5 Å². The van der Waals surface area contributed by atoms with Crippen molar-refractivity contribution in [2.75, 3.05) is 0 Å². The smallest absolute Gasteiger partial charge is 0.238 e. The summed E-state index contributed by atoms with van der Waals surface area (Å²) in [7, 11) is -3.83. The van der Waals surface area contributed by atoms with Crippen molar-refractivity contribution in [3.8, 4) is 22.5 Å². The average molecular weight is 300 g/mol. The van der Waals surface area contributed by atoms with Crippen LogP contribution in [-0.2, 0) is 10.0 Å². The third-order valence-electron chi connectivity index (χ3n) is 3.03. The number of rotatable bonds is 3. The van der Waals surface area contributed by atoms with Crippen molar-refractivity contribution in [3.05, 3.63) is 54.9 Å². The van der Waals surface area contributed by atoms with E-state index in [4.69, 9.17) is 5.14 Å². The van der Waals surface area contributed by atoms with Crippen LogP contribution in [0.25, 0.3) is 22.5 Å². The number of pyridine rings is 1. The maximum absolute atomic E-state index is 11.7. The third-order valence-corrected chi connectivity index (χ3v) is 4.00. The summed E-state index contributed by atoms with van der Waals surface area (Å²) in [5, 5.41) is 12.2. The molecule has 0 aliphatic rings. The van der Waals surface area contributed by atoms with Crippen LogP contribution in [0.2, 0.25) is 0 Å². The van der Waals surface area contributed by atoms with Crippen molar-refractivity contribution in [2.24, 2.45) is 5.14 Å². The van der Waals surface area contributed by atoms with Crippen LogP contribution < -0.4 is 5.14 Å². The monoisotopic (exact) mass is 300 g/mol. The third kappa shape index (κ3) is 2.56. The topological polar surface area (TPSA) is 102 Å². The van der Waals surface area contributed by atoms with E-state index in [0.717, 1.165) is 0 Å². The van der Waals surface area contributed by atoms with Crippen LogP contribution in [0.3, 0.4) is 0 Å². The van der Waals surface area contributed by atoms with Crippen molar-refractivity contribution >= 4 is 10.0 Å². The highest BCUT2D eigenvalue weighted by Gasteiger charge is 2.19. The highest BCUT2D eigenvalue weighted by Crippen LogP contribution is 2.32. The molecule has 3 N–H and O–H groups in total. The first-order chi connectivity index (χ1) is 10.1. The summed E-state index contributed by atoms with van der Waals surface area (Å²) >= 11 is 0. The lowest BCUT2D eigenvalue weighted by molar-refractivity contribution is 0.598. The van der Waals surface area contributed by atoms with Crippen molar-refractivity contribution in [2.45, 2.75) is 4.90 Å². The summed E-state index contributed by atoms with van der Waals surface area (Å²) < 4.78 is 23.4. The van der Waals surface area contributed by atoms with Crippen LogP contribution in [0, 0.1) is 0 Å². The molecule has 0 saturated heterocycles.